The maximum atomic E-state index is 2.29. The van der Waals surface area contributed by atoms with Crippen LogP contribution in [0.15, 0.2) is 0 Å². The van der Waals surface area contributed by atoms with Crippen molar-refractivity contribution < 1.29 is 0 Å². The quantitative estimate of drug-likeness (QED) is 0.330. The van der Waals surface area contributed by atoms with Crippen LogP contribution in [0.2, 0.25) is 0 Å². The molecule has 0 spiro atoms. The van der Waals surface area contributed by atoms with E-state index in [2.05, 4.69) is 41.1 Å². The Kier molecular flexibility index (Phi) is 11.2. The fraction of sp³-hybridized carbons (Fsp3) is 1.00. The zero-order chi connectivity index (χ0) is 11.5. The van der Waals surface area contributed by atoms with Crippen molar-refractivity contribution in [2.75, 3.05) is 17.3 Å². The molecule has 1 aliphatic rings. The van der Waals surface area contributed by atoms with Crippen LogP contribution < -0.4 is 0 Å². The van der Waals surface area contributed by atoms with Gasteiger partial charge in [0.05, 0.1) is 5.53 Å². The third-order valence-corrected chi connectivity index (χ3v) is 14.0. The lowest BCUT2D eigenvalue weighted by Gasteiger charge is -2.06. The van der Waals surface area contributed by atoms with E-state index in [9.17, 15) is 0 Å². The summed E-state index contributed by atoms with van der Waals surface area (Å²) < 4.78 is 0. The predicted molar refractivity (Wildman–Crippen MR) is 86.9 cm³/mol. The molecule has 0 saturated carbocycles. The standard InChI is InChI=1S/C12H25PS3/c1-2-3-4-5-6-7-8-9-10-14-13-15-11-12-16-13/h2-12H2,1H3. The zero-order valence-corrected chi connectivity index (χ0v) is 13.8. The summed E-state index contributed by atoms with van der Waals surface area (Å²) >= 11 is 6.67. The Labute approximate surface area is 115 Å². The van der Waals surface area contributed by atoms with Gasteiger partial charge in [0.25, 0.3) is 0 Å². The summed E-state index contributed by atoms with van der Waals surface area (Å²) in [7, 11) is 0. The van der Waals surface area contributed by atoms with Crippen molar-refractivity contribution in [1.82, 2.24) is 0 Å². The Morgan fingerprint density at radius 2 is 1.44 bits per heavy atom. The van der Waals surface area contributed by atoms with Gasteiger partial charge in [-0.2, -0.15) is 0 Å². The molecule has 4 heteroatoms. The third-order valence-electron chi connectivity index (χ3n) is 2.67. The van der Waals surface area contributed by atoms with Crippen LogP contribution in [0.25, 0.3) is 0 Å². The number of hydrogen-bond acceptors (Lipinski definition) is 3. The second-order valence-corrected chi connectivity index (χ2v) is 14.3. The molecular weight excluding hydrogens is 271 g/mol. The molecule has 16 heavy (non-hydrogen) atoms. The molecule has 0 N–H and O–H groups in total. The highest BCUT2D eigenvalue weighted by Crippen LogP contribution is 2.74. The minimum Gasteiger partial charge on any atom is -0.112 e. The Morgan fingerprint density at radius 3 is 2.06 bits per heavy atom. The van der Waals surface area contributed by atoms with Gasteiger partial charge in [-0.15, -0.1) is 34.1 Å². The fourth-order valence-corrected chi connectivity index (χ4v) is 13.1. The molecule has 0 bridgehead atoms. The highest BCUT2D eigenvalue weighted by molar-refractivity contribution is 9.13. The molecule has 0 unspecified atom stereocenters. The number of rotatable bonds is 10. The van der Waals surface area contributed by atoms with Gasteiger partial charge in [-0.05, 0) is 12.2 Å². The van der Waals surface area contributed by atoms with Crippen molar-refractivity contribution in [1.29, 1.82) is 0 Å². The van der Waals surface area contributed by atoms with E-state index in [0.29, 0.717) is 0 Å². The molecule has 96 valence electrons. The minimum absolute atomic E-state index is 0.272. The van der Waals surface area contributed by atoms with Crippen LogP contribution in [0.4, 0.5) is 0 Å². The summed E-state index contributed by atoms with van der Waals surface area (Å²) in [5, 5.41) is 0. The largest absolute Gasteiger partial charge is 0.112 e. The molecule has 0 aromatic rings. The SMILES string of the molecule is CCCCCCCCCCSP1SCCS1. The maximum absolute atomic E-state index is 2.29. The van der Waals surface area contributed by atoms with Gasteiger partial charge in [-0.1, -0.05) is 51.9 Å². The first-order chi connectivity index (χ1) is 7.93. The lowest BCUT2D eigenvalue weighted by Crippen LogP contribution is -1.81. The molecule has 0 nitrogen and oxygen atoms in total. The Morgan fingerprint density at radius 1 is 0.875 bits per heavy atom. The molecular formula is C12H25PS3. The average molecular weight is 297 g/mol. The monoisotopic (exact) mass is 296 g/mol. The van der Waals surface area contributed by atoms with E-state index in [0.717, 1.165) is 0 Å². The second kappa shape index (κ2) is 11.6. The molecule has 0 amide bonds. The summed E-state index contributed by atoms with van der Waals surface area (Å²) in [6, 6.07) is 0. The van der Waals surface area contributed by atoms with Crippen LogP contribution in [0, 0.1) is 0 Å². The van der Waals surface area contributed by atoms with Crippen molar-refractivity contribution in [3.63, 3.8) is 0 Å². The van der Waals surface area contributed by atoms with Crippen molar-refractivity contribution in [2.24, 2.45) is 0 Å². The van der Waals surface area contributed by atoms with Gasteiger partial charge in [0, 0.05) is 11.5 Å². The van der Waals surface area contributed by atoms with Crippen LogP contribution in [-0.2, 0) is 0 Å². The Bertz CT molecular complexity index is 149. The molecule has 0 radical (unpaired) electrons. The predicted octanol–water partition coefficient (Wildman–Crippen LogP) is 6.57. The Hall–Kier alpha value is 1.48. The van der Waals surface area contributed by atoms with Gasteiger partial charge in [0.1, 0.15) is 0 Å². The Balaban J connectivity index is 1.71. The lowest BCUT2D eigenvalue weighted by molar-refractivity contribution is 0.586. The van der Waals surface area contributed by atoms with Crippen molar-refractivity contribution in [3.8, 4) is 0 Å². The maximum Gasteiger partial charge on any atom is 0.0729 e. The lowest BCUT2D eigenvalue weighted by atomic mass is 10.1. The van der Waals surface area contributed by atoms with Gasteiger partial charge in [-0.25, -0.2) is 0 Å². The molecule has 0 aromatic carbocycles. The topological polar surface area (TPSA) is 0 Å². The summed E-state index contributed by atoms with van der Waals surface area (Å²) in [6.45, 7) is 2.29. The van der Waals surface area contributed by atoms with Gasteiger partial charge < -0.3 is 0 Å². The molecule has 1 rings (SSSR count). The highest BCUT2D eigenvalue weighted by atomic mass is 33.4. The van der Waals surface area contributed by atoms with Crippen LogP contribution in [0.3, 0.4) is 0 Å². The summed E-state index contributed by atoms with van der Waals surface area (Å²) in [6.07, 6.45) is 11.6. The van der Waals surface area contributed by atoms with Gasteiger partial charge in [0.15, 0.2) is 0 Å². The van der Waals surface area contributed by atoms with E-state index in [4.69, 9.17) is 0 Å². The van der Waals surface area contributed by atoms with E-state index < -0.39 is 0 Å². The molecule has 1 saturated heterocycles. The fourth-order valence-electron chi connectivity index (χ4n) is 1.71. The molecule has 1 fully saturated rings. The van der Waals surface area contributed by atoms with Crippen molar-refractivity contribution in [2.45, 2.75) is 58.3 Å². The minimum atomic E-state index is 0.272. The van der Waals surface area contributed by atoms with Crippen molar-refractivity contribution in [3.05, 3.63) is 0 Å². The third kappa shape index (κ3) is 8.55. The van der Waals surface area contributed by atoms with Gasteiger partial charge in [0.2, 0.25) is 0 Å². The highest BCUT2D eigenvalue weighted by Gasteiger charge is 2.15. The summed E-state index contributed by atoms with van der Waals surface area (Å²) in [4.78, 5) is 0. The summed E-state index contributed by atoms with van der Waals surface area (Å²) in [5.41, 5.74) is 0.272. The molecule has 1 aliphatic heterocycles. The van der Waals surface area contributed by atoms with E-state index in [-0.39, 0.29) is 5.53 Å². The first kappa shape index (κ1) is 15.5. The smallest absolute Gasteiger partial charge is 0.0729 e. The molecule has 0 aromatic heterocycles. The van der Waals surface area contributed by atoms with Crippen molar-refractivity contribution >= 4 is 39.7 Å². The van der Waals surface area contributed by atoms with Gasteiger partial charge >= 0.3 is 0 Å². The molecule has 0 atom stereocenters. The van der Waals surface area contributed by atoms with E-state index >= 15 is 0 Å². The van der Waals surface area contributed by atoms with Crippen LogP contribution in [0.1, 0.15) is 58.3 Å². The number of hydrogen-bond donors (Lipinski definition) is 0. The summed E-state index contributed by atoms with van der Waals surface area (Å²) in [5.74, 6) is 4.22. The average Bonchev–Trinajstić information content (AvgIpc) is 2.80. The van der Waals surface area contributed by atoms with E-state index in [1.807, 2.05) is 0 Å². The molecule has 0 aliphatic carbocycles. The van der Waals surface area contributed by atoms with Crippen LogP contribution in [0.5, 0.6) is 0 Å². The second-order valence-electron chi connectivity index (χ2n) is 4.20. The van der Waals surface area contributed by atoms with E-state index in [1.165, 1.54) is 68.6 Å². The number of unbranched alkanes of at least 4 members (excludes halogenated alkanes) is 7. The van der Waals surface area contributed by atoms with Crippen LogP contribution >= 0.6 is 39.7 Å². The zero-order valence-electron chi connectivity index (χ0n) is 10.5. The van der Waals surface area contributed by atoms with Gasteiger partial charge in [-0.3, -0.25) is 0 Å². The first-order valence-corrected chi connectivity index (χ1v) is 12.7. The normalized spacial score (nSPS) is 17.1. The van der Waals surface area contributed by atoms with E-state index in [1.54, 1.807) is 0 Å². The van der Waals surface area contributed by atoms with Crippen LogP contribution in [-0.4, -0.2) is 17.3 Å². The first-order valence-electron chi connectivity index (χ1n) is 6.62. The molecule has 1 heterocycles.